The van der Waals surface area contributed by atoms with Gasteiger partial charge < -0.3 is 11.1 Å². The van der Waals surface area contributed by atoms with E-state index in [0.29, 0.717) is 16.3 Å². The maximum atomic E-state index is 13.2. The maximum Gasteiger partial charge on any atom is 0.326 e. The van der Waals surface area contributed by atoms with Crippen molar-refractivity contribution in [2.45, 2.75) is 25.9 Å². The van der Waals surface area contributed by atoms with Crippen LogP contribution in [0.25, 0.3) is 0 Å². The number of rotatable bonds is 3. The van der Waals surface area contributed by atoms with Crippen LogP contribution in [0, 0.1) is 12.7 Å². The van der Waals surface area contributed by atoms with Crippen molar-refractivity contribution in [3.63, 3.8) is 0 Å². The minimum absolute atomic E-state index is 0.0959. The van der Waals surface area contributed by atoms with Gasteiger partial charge in [0, 0.05) is 29.9 Å². The van der Waals surface area contributed by atoms with Crippen molar-refractivity contribution in [3.8, 4) is 0 Å². The van der Waals surface area contributed by atoms with Crippen LogP contribution in [0.5, 0.6) is 0 Å². The Balaban J connectivity index is 1.88. The molecule has 1 atom stereocenters. The Morgan fingerprint density at radius 2 is 2.04 bits per heavy atom. The highest BCUT2D eigenvalue weighted by Gasteiger charge is 2.29. The van der Waals surface area contributed by atoms with E-state index < -0.39 is 12.1 Å². The lowest BCUT2D eigenvalue weighted by atomic mass is 9.97. The summed E-state index contributed by atoms with van der Waals surface area (Å²) in [6.45, 7) is 2.08. The molecule has 0 aliphatic carbocycles. The van der Waals surface area contributed by atoms with Gasteiger partial charge in [0.15, 0.2) is 5.78 Å². The van der Waals surface area contributed by atoms with E-state index in [1.54, 1.807) is 24.3 Å². The zero-order chi connectivity index (χ0) is 19.6. The van der Waals surface area contributed by atoms with Gasteiger partial charge in [-0.1, -0.05) is 23.7 Å². The molecule has 0 saturated heterocycles. The second-order valence-electron chi connectivity index (χ2n) is 6.35. The molecule has 2 amide bonds. The molecule has 2 aromatic rings. The Kier molecular flexibility index (Phi) is 5.58. The number of nitrogens with zero attached hydrogens (tertiary/aromatic N) is 1. The van der Waals surface area contributed by atoms with E-state index in [9.17, 15) is 14.0 Å². The number of ketones is 1. The molecule has 0 aromatic heterocycles. The lowest BCUT2D eigenvalue weighted by Gasteiger charge is -2.31. The second-order valence-corrected chi connectivity index (χ2v) is 6.76. The van der Waals surface area contributed by atoms with E-state index in [1.807, 2.05) is 6.92 Å². The molecule has 0 saturated carbocycles. The van der Waals surface area contributed by atoms with E-state index >= 15 is 0 Å². The summed E-state index contributed by atoms with van der Waals surface area (Å²) in [6, 6.07) is 8.34. The Labute approximate surface area is 161 Å². The molecule has 5 nitrogen and oxygen atoms in total. The summed E-state index contributed by atoms with van der Waals surface area (Å²) in [5.74, 6) is -0.472. The molecule has 1 aliphatic heterocycles. The van der Waals surface area contributed by atoms with Crippen LogP contribution in [0.3, 0.4) is 0 Å². The number of hydrogen-bond acceptors (Lipinski definition) is 3. The Bertz CT molecular complexity index is 912. The fourth-order valence-electron chi connectivity index (χ4n) is 2.99. The fraction of sp³-hybridized carbons (Fsp3) is 0.200. The number of allylic oxidation sites excluding steroid dienone is 1. The van der Waals surface area contributed by atoms with Crippen molar-refractivity contribution in [1.29, 1.82) is 0 Å². The first-order valence-corrected chi connectivity index (χ1v) is 8.81. The van der Waals surface area contributed by atoms with Crippen molar-refractivity contribution in [1.82, 2.24) is 4.90 Å². The first kappa shape index (κ1) is 19.1. The minimum Gasteiger partial charge on any atom is -0.326 e. The van der Waals surface area contributed by atoms with Crippen molar-refractivity contribution < 1.29 is 14.0 Å². The number of hydrogen-bond donors (Lipinski definition) is 2. The van der Waals surface area contributed by atoms with Gasteiger partial charge in [0.05, 0.1) is 6.04 Å². The number of nitrogens with two attached hydrogens (primary N) is 1. The number of anilines is 1. The van der Waals surface area contributed by atoms with Gasteiger partial charge in [0.1, 0.15) is 5.82 Å². The molecule has 0 bridgehead atoms. The summed E-state index contributed by atoms with van der Waals surface area (Å²) in [5.41, 5.74) is 8.46. The Morgan fingerprint density at radius 1 is 1.33 bits per heavy atom. The van der Waals surface area contributed by atoms with E-state index in [1.165, 1.54) is 29.3 Å². The SMILES string of the molecule is Cc1cc(Cl)c(CN)cc1NC(=O)N1C=CC(=O)C[C@H]1c1ccc(F)cc1. The molecule has 0 fully saturated rings. The van der Waals surface area contributed by atoms with E-state index in [-0.39, 0.29) is 24.6 Å². The summed E-state index contributed by atoms with van der Waals surface area (Å²) in [5, 5.41) is 3.39. The predicted molar refractivity (Wildman–Crippen MR) is 103 cm³/mol. The van der Waals surface area contributed by atoms with Crippen LogP contribution < -0.4 is 11.1 Å². The molecule has 2 aromatic carbocycles. The van der Waals surface area contributed by atoms with Crippen LogP contribution in [0.15, 0.2) is 48.7 Å². The highest BCUT2D eigenvalue weighted by molar-refractivity contribution is 6.31. The molecular weight excluding hydrogens is 369 g/mol. The molecule has 0 unspecified atom stereocenters. The number of halogens is 2. The predicted octanol–water partition coefficient (Wildman–Crippen LogP) is 4.31. The fourth-order valence-corrected chi connectivity index (χ4v) is 3.28. The number of carbonyl (C=O) groups excluding carboxylic acids is 2. The number of carbonyl (C=O) groups is 2. The molecule has 3 N–H and O–H groups in total. The third-order valence-electron chi connectivity index (χ3n) is 4.50. The Morgan fingerprint density at radius 3 is 2.70 bits per heavy atom. The molecule has 27 heavy (non-hydrogen) atoms. The molecule has 0 radical (unpaired) electrons. The average molecular weight is 388 g/mol. The minimum atomic E-state index is -0.510. The van der Waals surface area contributed by atoms with E-state index in [2.05, 4.69) is 5.32 Å². The quantitative estimate of drug-likeness (QED) is 0.824. The highest BCUT2D eigenvalue weighted by Crippen LogP contribution is 2.30. The van der Waals surface area contributed by atoms with Gasteiger partial charge in [-0.2, -0.15) is 0 Å². The van der Waals surface area contributed by atoms with Crippen LogP contribution in [0.4, 0.5) is 14.9 Å². The first-order chi connectivity index (χ1) is 12.9. The van der Waals surface area contributed by atoms with Gasteiger partial charge in [-0.25, -0.2) is 9.18 Å². The van der Waals surface area contributed by atoms with E-state index in [4.69, 9.17) is 17.3 Å². The van der Waals surface area contributed by atoms with Gasteiger partial charge in [-0.15, -0.1) is 0 Å². The topological polar surface area (TPSA) is 75.4 Å². The molecule has 3 rings (SSSR count). The molecule has 7 heteroatoms. The lowest BCUT2D eigenvalue weighted by molar-refractivity contribution is -0.116. The summed E-state index contributed by atoms with van der Waals surface area (Å²) >= 11 is 6.14. The summed E-state index contributed by atoms with van der Waals surface area (Å²) in [7, 11) is 0. The van der Waals surface area contributed by atoms with E-state index in [0.717, 1.165) is 11.1 Å². The largest absolute Gasteiger partial charge is 0.326 e. The van der Waals surface area contributed by atoms with Crippen molar-refractivity contribution in [3.05, 3.63) is 76.2 Å². The summed E-state index contributed by atoms with van der Waals surface area (Å²) in [6.07, 6.45) is 2.94. The smallest absolute Gasteiger partial charge is 0.326 e. The summed E-state index contributed by atoms with van der Waals surface area (Å²) < 4.78 is 13.2. The zero-order valence-corrected chi connectivity index (χ0v) is 15.5. The normalized spacial score (nSPS) is 16.5. The second kappa shape index (κ2) is 7.90. The van der Waals surface area contributed by atoms with Gasteiger partial charge >= 0.3 is 6.03 Å². The third kappa shape index (κ3) is 4.18. The van der Waals surface area contributed by atoms with Gasteiger partial charge in [-0.3, -0.25) is 9.69 Å². The van der Waals surface area contributed by atoms with Crippen LogP contribution >= 0.6 is 11.6 Å². The standard InChI is InChI=1S/C20H19ClFN3O2/c1-12-8-17(21)14(11-23)9-18(12)24-20(27)25-7-6-16(26)10-19(25)13-2-4-15(22)5-3-13/h2-9,19H,10-11,23H2,1H3,(H,24,27)/t19-/m0/s1. The molecule has 1 aliphatic rings. The van der Waals surface area contributed by atoms with Gasteiger partial charge in [0.2, 0.25) is 0 Å². The van der Waals surface area contributed by atoms with Gasteiger partial charge in [0.25, 0.3) is 0 Å². The molecule has 140 valence electrons. The monoisotopic (exact) mass is 387 g/mol. The number of amides is 2. The summed E-state index contributed by atoms with van der Waals surface area (Å²) in [4.78, 5) is 26.2. The number of nitrogens with one attached hydrogen (secondary N) is 1. The molecular formula is C20H19ClFN3O2. The zero-order valence-electron chi connectivity index (χ0n) is 14.7. The molecule has 0 spiro atoms. The maximum absolute atomic E-state index is 13.2. The van der Waals surface area contributed by atoms with Crippen LogP contribution in [-0.4, -0.2) is 16.7 Å². The third-order valence-corrected chi connectivity index (χ3v) is 4.85. The first-order valence-electron chi connectivity index (χ1n) is 8.44. The highest BCUT2D eigenvalue weighted by atomic mass is 35.5. The van der Waals surface area contributed by atoms with Crippen molar-refractivity contribution in [2.75, 3.05) is 5.32 Å². The average Bonchev–Trinajstić information content (AvgIpc) is 2.64. The number of urea groups is 1. The Hall–Kier alpha value is -2.70. The van der Waals surface area contributed by atoms with Crippen LogP contribution in [-0.2, 0) is 11.3 Å². The van der Waals surface area contributed by atoms with Crippen molar-refractivity contribution in [2.24, 2.45) is 5.73 Å². The lowest BCUT2D eigenvalue weighted by Crippen LogP contribution is -2.37. The van der Waals surface area contributed by atoms with Gasteiger partial charge in [-0.05, 0) is 54.0 Å². The van der Waals surface area contributed by atoms with Crippen LogP contribution in [0.2, 0.25) is 5.02 Å². The van der Waals surface area contributed by atoms with Crippen LogP contribution in [0.1, 0.15) is 29.2 Å². The van der Waals surface area contributed by atoms with Crippen molar-refractivity contribution >= 4 is 29.1 Å². The molecule has 1 heterocycles. The number of benzene rings is 2. The number of aryl methyl sites for hydroxylation is 1.